The van der Waals surface area contributed by atoms with Crippen molar-refractivity contribution in [2.45, 2.75) is 0 Å². The Balaban J connectivity index is -0.0000000457. The summed E-state index contributed by atoms with van der Waals surface area (Å²) in [6.45, 7) is 0. The molecule has 2 radical (unpaired) electrons. The van der Waals surface area contributed by atoms with Crippen LogP contribution in [0.25, 0.3) is 0 Å². The van der Waals surface area contributed by atoms with Gasteiger partial charge in [-0.25, -0.2) is 0 Å². The molecule has 0 aliphatic heterocycles. The Morgan fingerprint density at radius 3 is 0.667 bits per heavy atom. The maximum Gasteiger partial charge on any atom is 2.00 e. The largest absolute Gasteiger partial charge is 2.00 e. The summed E-state index contributed by atoms with van der Waals surface area (Å²) in [6, 6.07) is 0. The fourth-order valence-corrected chi connectivity index (χ4v) is 0. The molecule has 0 saturated carbocycles. The first kappa shape index (κ1) is 24.0. The van der Waals surface area contributed by atoms with Gasteiger partial charge in [-0.1, -0.05) is 0 Å². The molecule has 0 unspecified atom stereocenters. The Morgan fingerprint density at radius 1 is 0.667 bits per heavy atom. The van der Waals surface area contributed by atoms with Crippen molar-refractivity contribution < 1.29 is 59.1 Å². The van der Waals surface area contributed by atoms with E-state index in [1.807, 2.05) is 0 Å². The number of hydrogen-bond acceptors (Lipinski definition) is 8. The van der Waals surface area contributed by atoms with E-state index in [1.165, 1.54) is 0 Å². The molecule has 66 valence electrons. The quantitative estimate of drug-likeness (QED) is 0.282. The Labute approximate surface area is 129 Å². The molecule has 0 amide bonds. The third kappa shape index (κ3) is 263. The smallest absolute Gasteiger partial charge is 2.00 e. The second-order valence-corrected chi connectivity index (χ2v) is 3.37. The molecule has 0 aliphatic carbocycles. The third-order valence-electron chi connectivity index (χ3n) is 0. The van der Waals surface area contributed by atoms with Crippen LogP contribution in [0.1, 0.15) is 0 Å². The van der Waals surface area contributed by atoms with Gasteiger partial charge in [-0.05, 0) is 0 Å². The van der Waals surface area contributed by atoms with Gasteiger partial charge in [0.05, 0.1) is 0 Å². The SMILES string of the molecule is [O]=[Cr](=[O])([O-])[O-].[O]=[Cr](=[O])([O-])[O-].[Pb+2].[Sr+2]. The zero-order valence-corrected chi connectivity index (χ0v) is 15.2. The van der Waals surface area contributed by atoms with Gasteiger partial charge in [-0.2, -0.15) is 0 Å². The monoisotopic (exact) mass is 528 g/mol. The summed E-state index contributed by atoms with van der Waals surface area (Å²) >= 11 is -11.5. The summed E-state index contributed by atoms with van der Waals surface area (Å²) in [5.41, 5.74) is 0. The van der Waals surface area contributed by atoms with E-state index in [0.29, 0.717) is 0 Å². The van der Waals surface area contributed by atoms with Gasteiger partial charge in [0, 0.05) is 0 Å². The van der Waals surface area contributed by atoms with Crippen molar-refractivity contribution >= 4 is 72.8 Å². The number of hydrogen-bond donors (Lipinski definition) is 0. The molecule has 0 atom stereocenters. The average molecular weight is 527 g/mol. The molecule has 8 nitrogen and oxygen atoms in total. The van der Waals surface area contributed by atoms with Crippen LogP contribution in [-0.2, 0) is 42.4 Å². The van der Waals surface area contributed by atoms with E-state index in [9.17, 15) is 0 Å². The summed E-state index contributed by atoms with van der Waals surface area (Å²) < 4.78 is 68.8. The molecule has 0 aliphatic rings. The summed E-state index contributed by atoms with van der Waals surface area (Å²) in [5, 5.41) is 0. The molecule has 0 bridgehead atoms. The van der Waals surface area contributed by atoms with E-state index < -0.39 is 27.2 Å². The molecular formula is Cr2O8PbSr. The normalized spacial score (nSPS) is 9.67. The molecule has 0 rings (SSSR count). The number of rotatable bonds is 0. The van der Waals surface area contributed by atoms with E-state index in [1.54, 1.807) is 0 Å². The molecule has 12 heavy (non-hydrogen) atoms. The maximum atomic E-state index is 8.59. The molecule has 0 aromatic rings. The summed E-state index contributed by atoms with van der Waals surface area (Å²) in [6.07, 6.45) is 0. The van der Waals surface area contributed by atoms with Crippen LogP contribution in [0.5, 0.6) is 0 Å². The summed E-state index contributed by atoms with van der Waals surface area (Å²) in [4.78, 5) is 0. The second kappa shape index (κ2) is 10.0. The minimum atomic E-state index is -5.75. The second-order valence-electron chi connectivity index (χ2n) is 0.816. The van der Waals surface area contributed by atoms with Crippen LogP contribution in [0.15, 0.2) is 0 Å². The zero-order chi connectivity index (χ0) is 9.00. The standard InChI is InChI=1S/2Cr.8O.Pb.Sr/q;;;;;;4*-1;2*+2. The van der Waals surface area contributed by atoms with Crippen LogP contribution >= 0.6 is 0 Å². The predicted octanol–water partition coefficient (Wildman–Crippen LogP) is -6.00. The molecule has 0 spiro atoms. The molecule has 0 aromatic heterocycles. The Bertz CT molecular complexity index is 213. The van der Waals surface area contributed by atoms with Crippen LogP contribution in [0.4, 0.5) is 0 Å². The van der Waals surface area contributed by atoms with Crippen LogP contribution in [0.3, 0.4) is 0 Å². The Kier molecular flexibility index (Phi) is 20.1. The average Bonchev–Trinajstić information content (AvgIpc) is 1.12. The fraction of sp³-hybridized carbons (Fsp3) is 0. The first-order chi connectivity index (χ1) is 4.00. The van der Waals surface area contributed by atoms with Crippen molar-refractivity contribution in [2.24, 2.45) is 0 Å². The van der Waals surface area contributed by atoms with Crippen LogP contribution in [-0.4, -0.2) is 72.8 Å². The van der Waals surface area contributed by atoms with Gasteiger partial charge in [0.25, 0.3) is 0 Å². The Hall–Kier alpha value is 2.51. The fourth-order valence-electron chi connectivity index (χ4n) is 0. The predicted molar refractivity (Wildman–Crippen MR) is 14.3 cm³/mol. The Morgan fingerprint density at radius 2 is 0.667 bits per heavy atom. The van der Waals surface area contributed by atoms with Crippen molar-refractivity contribution in [2.75, 3.05) is 0 Å². The van der Waals surface area contributed by atoms with E-state index in [2.05, 4.69) is 0 Å². The van der Waals surface area contributed by atoms with Gasteiger partial charge in [0.1, 0.15) is 0 Å². The van der Waals surface area contributed by atoms with Crippen molar-refractivity contribution in [3.63, 3.8) is 0 Å². The van der Waals surface area contributed by atoms with Crippen molar-refractivity contribution in [3.8, 4) is 0 Å². The van der Waals surface area contributed by atoms with Gasteiger partial charge in [0.15, 0.2) is 0 Å². The van der Waals surface area contributed by atoms with Crippen LogP contribution in [0, 0.1) is 0 Å². The summed E-state index contributed by atoms with van der Waals surface area (Å²) in [7, 11) is 0. The topological polar surface area (TPSA) is 161 Å². The molecule has 0 fully saturated rings. The van der Waals surface area contributed by atoms with Crippen molar-refractivity contribution in [1.29, 1.82) is 0 Å². The van der Waals surface area contributed by atoms with Crippen molar-refractivity contribution in [1.82, 2.24) is 0 Å². The van der Waals surface area contributed by atoms with E-state index in [4.69, 9.17) is 31.8 Å². The van der Waals surface area contributed by atoms with Gasteiger partial charge >= 0.3 is 132 Å². The molecule has 0 aromatic carbocycles. The van der Waals surface area contributed by atoms with Crippen molar-refractivity contribution in [3.05, 3.63) is 0 Å². The van der Waals surface area contributed by atoms with E-state index in [-0.39, 0.29) is 72.8 Å². The van der Waals surface area contributed by atoms with Gasteiger partial charge in [-0.15, -0.1) is 0 Å². The first-order valence-electron chi connectivity index (χ1n) is 1.33. The molecule has 12 heteroatoms. The van der Waals surface area contributed by atoms with Crippen LogP contribution in [0.2, 0.25) is 0 Å². The minimum Gasteiger partial charge on any atom is 2.00 e. The maximum absolute atomic E-state index is 8.59. The first-order valence-corrected chi connectivity index (χ1v) is 5.50. The van der Waals surface area contributed by atoms with Gasteiger partial charge in [0.2, 0.25) is 0 Å². The molecule has 0 N–H and O–H groups in total. The molecular weight excluding hydrogens is 527 g/mol. The third-order valence-corrected chi connectivity index (χ3v) is 0. The molecule has 0 saturated heterocycles. The van der Waals surface area contributed by atoms with Gasteiger partial charge in [-0.3, -0.25) is 0 Å². The van der Waals surface area contributed by atoms with E-state index >= 15 is 0 Å². The van der Waals surface area contributed by atoms with Gasteiger partial charge < -0.3 is 0 Å². The van der Waals surface area contributed by atoms with Crippen LogP contribution < -0.4 is 16.6 Å². The zero-order valence-electron chi connectivity index (χ0n) is 5.29. The molecule has 0 heterocycles. The minimum absolute atomic E-state index is 0. The summed E-state index contributed by atoms with van der Waals surface area (Å²) in [5.74, 6) is 0. The van der Waals surface area contributed by atoms with E-state index in [0.717, 1.165) is 0 Å².